The van der Waals surface area contributed by atoms with Crippen LogP contribution in [-0.2, 0) is 10.2 Å². The molecule has 1 aromatic heterocycles. The van der Waals surface area contributed by atoms with E-state index in [1.165, 1.54) is 107 Å². The van der Waals surface area contributed by atoms with Gasteiger partial charge < -0.3 is 4.57 Å². The molecule has 5 heteroatoms. The summed E-state index contributed by atoms with van der Waals surface area (Å²) in [5.74, 6) is 3.08. The molecule has 2 aromatic rings. The van der Waals surface area contributed by atoms with Crippen molar-refractivity contribution >= 4 is 28.9 Å². The zero-order valence-electron chi connectivity index (χ0n) is 26.3. The highest BCUT2D eigenvalue weighted by Crippen LogP contribution is 2.60. The fourth-order valence-corrected chi connectivity index (χ4v) is 11.6. The summed E-state index contributed by atoms with van der Waals surface area (Å²) >= 11 is 1.64. The van der Waals surface area contributed by atoms with E-state index in [0.29, 0.717) is 17.5 Å². The summed E-state index contributed by atoms with van der Waals surface area (Å²) < 4.78 is 2.38. The van der Waals surface area contributed by atoms with Gasteiger partial charge >= 0.3 is 0 Å². The summed E-state index contributed by atoms with van der Waals surface area (Å²) in [5.41, 5.74) is 6.85. The van der Waals surface area contributed by atoms with Crippen LogP contribution < -0.4 is 0 Å². The van der Waals surface area contributed by atoms with E-state index < -0.39 is 0 Å². The number of carbonyl (C=O) groups is 1. The number of aliphatic imine (C=N–C) groups is 1. The summed E-state index contributed by atoms with van der Waals surface area (Å²) in [7, 11) is 0. The van der Waals surface area contributed by atoms with E-state index in [1.807, 2.05) is 0 Å². The van der Waals surface area contributed by atoms with Crippen LogP contribution in [0.1, 0.15) is 125 Å². The summed E-state index contributed by atoms with van der Waals surface area (Å²) in [6.45, 7) is 4.42. The Labute approximate surface area is 262 Å². The van der Waals surface area contributed by atoms with Gasteiger partial charge in [-0.25, -0.2) is 0 Å². The minimum atomic E-state index is 0.177. The molecule has 1 aliphatic heterocycles. The number of benzene rings is 1. The second-order valence-electron chi connectivity index (χ2n) is 15.2. The van der Waals surface area contributed by atoms with Gasteiger partial charge in [-0.05, 0) is 148 Å². The van der Waals surface area contributed by atoms with Gasteiger partial charge in [0.25, 0.3) is 5.91 Å². The molecule has 228 valence electrons. The lowest BCUT2D eigenvalue weighted by Crippen LogP contribution is -2.48. The van der Waals surface area contributed by atoms with Crippen LogP contribution in [0.3, 0.4) is 0 Å². The van der Waals surface area contributed by atoms with Crippen molar-refractivity contribution in [2.45, 2.75) is 134 Å². The van der Waals surface area contributed by atoms with Crippen LogP contribution in [0.2, 0.25) is 0 Å². The average molecular weight is 596 g/mol. The first kappa shape index (κ1) is 28.2. The third-order valence-corrected chi connectivity index (χ3v) is 13.2. The largest absolute Gasteiger partial charge is 0.318 e. The van der Waals surface area contributed by atoms with Crippen LogP contribution in [0, 0.1) is 31.6 Å². The Morgan fingerprint density at radius 1 is 0.837 bits per heavy atom. The van der Waals surface area contributed by atoms with E-state index in [9.17, 15) is 4.79 Å². The summed E-state index contributed by atoms with van der Waals surface area (Å²) in [5, 5.41) is 0.976. The molecule has 0 atom stereocenters. The van der Waals surface area contributed by atoms with Gasteiger partial charge in [0.1, 0.15) is 0 Å². The molecule has 6 aliphatic carbocycles. The summed E-state index contributed by atoms with van der Waals surface area (Å²) in [6.07, 6.45) is 23.0. The number of carbonyl (C=O) groups excluding carboxylic acids is 1. The predicted octanol–water partition coefficient (Wildman–Crippen LogP) is 9.50. The fourth-order valence-electron chi connectivity index (χ4n) is 10.5. The quantitative estimate of drug-likeness (QED) is 0.323. The minimum absolute atomic E-state index is 0.177. The highest BCUT2D eigenvalue weighted by Gasteiger charge is 2.51. The van der Waals surface area contributed by atoms with Crippen molar-refractivity contribution in [3.8, 4) is 5.69 Å². The lowest BCUT2D eigenvalue weighted by molar-refractivity contribution is -0.124. The third kappa shape index (κ3) is 5.16. The van der Waals surface area contributed by atoms with Gasteiger partial charge in [0.05, 0.1) is 10.9 Å². The van der Waals surface area contributed by atoms with Crippen LogP contribution in [0.15, 0.2) is 40.2 Å². The van der Waals surface area contributed by atoms with Crippen molar-refractivity contribution in [1.82, 2.24) is 9.47 Å². The molecule has 43 heavy (non-hydrogen) atoms. The number of hydrogen-bond acceptors (Lipinski definition) is 3. The lowest BCUT2D eigenvalue weighted by Gasteiger charge is -2.57. The highest BCUT2D eigenvalue weighted by atomic mass is 32.2. The average Bonchev–Trinajstić information content (AvgIpc) is 3.46. The maximum Gasteiger partial charge on any atom is 0.267 e. The van der Waals surface area contributed by atoms with Crippen molar-refractivity contribution in [3.63, 3.8) is 0 Å². The Balaban J connectivity index is 1.07. The van der Waals surface area contributed by atoms with Gasteiger partial charge in [-0.2, -0.15) is 0 Å². The van der Waals surface area contributed by atoms with Gasteiger partial charge in [-0.1, -0.05) is 50.7 Å². The standard InChI is InChI=1S/C38H49N3OS/c1-25-17-30(21-35-36(42)41(33-11-7-4-8-12-33)37(43-35)39-32-9-5-3-6-10-32)26(2)40(25)34-15-13-31(14-16-34)38-22-27-18-28(23-38)20-29(19-27)24-38/h13-17,21,27-29,32-33H,3-12,18-20,22-24H2,1-2H3/b35-21-,39-37?. The van der Waals surface area contributed by atoms with Crippen LogP contribution in [0.5, 0.6) is 0 Å². The number of aromatic nitrogens is 1. The highest BCUT2D eigenvalue weighted by molar-refractivity contribution is 8.18. The van der Waals surface area contributed by atoms with E-state index >= 15 is 0 Å². The van der Waals surface area contributed by atoms with Gasteiger partial charge in [0.15, 0.2) is 5.17 Å². The number of rotatable bonds is 5. The zero-order chi connectivity index (χ0) is 29.1. The van der Waals surface area contributed by atoms with E-state index in [-0.39, 0.29) is 5.91 Å². The number of hydrogen-bond donors (Lipinski definition) is 0. The van der Waals surface area contributed by atoms with Gasteiger partial charge in [-0.3, -0.25) is 14.7 Å². The van der Waals surface area contributed by atoms with Crippen LogP contribution >= 0.6 is 11.8 Å². The molecular formula is C38H49N3OS. The first-order valence-electron chi connectivity index (χ1n) is 17.6. The minimum Gasteiger partial charge on any atom is -0.318 e. The van der Waals surface area contributed by atoms with Crippen LogP contribution in [0.4, 0.5) is 0 Å². The Bertz CT molecular complexity index is 1400. The number of aryl methyl sites for hydroxylation is 1. The molecule has 7 aliphatic rings. The van der Waals surface area contributed by atoms with E-state index in [2.05, 4.69) is 59.7 Å². The number of amides is 1. The topological polar surface area (TPSA) is 37.6 Å². The Morgan fingerprint density at radius 3 is 2.07 bits per heavy atom. The molecule has 1 aromatic carbocycles. The van der Waals surface area contributed by atoms with Crippen molar-refractivity contribution in [3.05, 3.63) is 57.8 Å². The Morgan fingerprint density at radius 2 is 1.44 bits per heavy atom. The SMILES string of the molecule is Cc1cc(/C=C2\SC(=NC3CCCCC3)N(C3CCCCC3)C2=O)c(C)n1-c1ccc(C23CC4CC(CC(C4)C2)C3)cc1. The van der Waals surface area contributed by atoms with Crippen molar-refractivity contribution in [2.24, 2.45) is 22.7 Å². The molecule has 2 heterocycles. The predicted molar refractivity (Wildman–Crippen MR) is 179 cm³/mol. The normalized spacial score (nSPS) is 33.4. The molecule has 0 spiro atoms. The maximum absolute atomic E-state index is 14.0. The smallest absolute Gasteiger partial charge is 0.267 e. The van der Waals surface area contributed by atoms with Crippen LogP contribution in [-0.4, -0.2) is 32.6 Å². The zero-order valence-corrected chi connectivity index (χ0v) is 27.1. The second-order valence-corrected chi connectivity index (χ2v) is 16.2. The molecule has 0 unspecified atom stereocenters. The van der Waals surface area contributed by atoms with Gasteiger partial charge in [0, 0.05) is 23.1 Å². The Kier molecular flexibility index (Phi) is 7.39. The van der Waals surface area contributed by atoms with Crippen molar-refractivity contribution in [2.75, 3.05) is 0 Å². The Hall–Kier alpha value is -2.27. The van der Waals surface area contributed by atoms with Crippen LogP contribution in [0.25, 0.3) is 11.8 Å². The lowest BCUT2D eigenvalue weighted by atomic mass is 9.48. The molecule has 1 amide bonds. The molecule has 4 nitrogen and oxygen atoms in total. The molecule has 1 saturated heterocycles. The third-order valence-electron chi connectivity index (χ3n) is 12.2. The number of nitrogens with zero attached hydrogens (tertiary/aromatic N) is 3. The van der Waals surface area contributed by atoms with Gasteiger partial charge in [-0.15, -0.1) is 0 Å². The number of thioether (sulfide) groups is 1. The summed E-state index contributed by atoms with van der Waals surface area (Å²) in [6, 6.07) is 12.6. The monoisotopic (exact) mass is 595 g/mol. The van der Waals surface area contributed by atoms with Gasteiger partial charge in [0.2, 0.25) is 0 Å². The molecule has 0 N–H and O–H groups in total. The maximum atomic E-state index is 14.0. The van der Waals surface area contributed by atoms with E-state index in [1.54, 1.807) is 17.3 Å². The molecule has 7 fully saturated rings. The first-order chi connectivity index (χ1) is 21.0. The van der Waals surface area contributed by atoms with E-state index in [4.69, 9.17) is 4.99 Å². The molecule has 6 saturated carbocycles. The first-order valence-corrected chi connectivity index (χ1v) is 18.4. The van der Waals surface area contributed by atoms with E-state index in [0.717, 1.165) is 46.2 Å². The van der Waals surface area contributed by atoms with Crippen molar-refractivity contribution in [1.29, 1.82) is 0 Å². The van der Waals surface area contributed by atoms with Crippen molar-refractivity contribution < 1.29 is 4.79 Å². The fraction of sp³-hybridized carbons (Fsp3) is 0.632. The molecule has 0 radical (unpaired) electrons. The molecule has 9 rings (SSSR count). The summed E-state index contributed by atoms with van der Waals surface area (Å²) in [4.78, 5) is 22.2. The molecule has 4 bridgehead atoms. The second kappa shape index (κ2) is 11.3. The number of amidine groups is 1. The molecular weight excluding hydrogens is 547 g/mol.